The van der Waals surface area contributed by atoms with Gasteiger partial charge in [0.25, 0.3) is 5.89 Å². The summed E-state index contributed by atoms with van der Waals surface area (Å²) in [6.07, 6.45) is 0. The molecule has 0 atom stereocenters. The summed E-state index contributed by atoms with van der Waals surface area (Å²) in [6, 6.07) is 15.4. The summed E-state index contributed by atoms with van der Waals surface area (Å²) in [5.74, 6) is 1.27. The third-order valence-electron chi connectivity index (χ3n) is 4.64. The second-order valence-electron chi connectivity index (χ2n) is 6.38. The molecule has 5 nitrogen and oxygen atoms in total. The Morgan fingerprint density at radius 1 is 1.00 bits per heavy atom. The average molecular weight is 390 g/mol. The topological polar surface area (TPSA) is 46.6 Å². The van der Waals surface area contributed by atoms with Crippen LogP contribution in [0.5, 0.6) is 0 Å². The van der Waals surface area contributed by atoms with E-state index in [1.165, 1.54) is 4.90 Å². The lowest BCUT2D eigenvalue weighted by molar-refractivity contribution is -0.915. The van der Waals surface area contributed by atoms with Crippen LogP contribution >= 0.6 is 23.2 Å². The molecule has 0 radical (unpaired) electrons. The lowest BCUT2D eigenvalue weighted by Crippen LogP contribution is -3.13. The van der Waals surface area contributed by atoms with Gasteiger partial charge in [0.05, 0.1) is 36.9 Å². The Morgan fingerprint density at radius 3 is 2.46 bits per heavy atom. The predicted molar refractivity (Wildman–Crippen MR) is 103 cm³/mol. The molecule has 2 aromatic carbocycles. The fourth-order valence-electron chi connectivity index (χ4n) is 3.21. The van der Waals surface area contributed by atoms with Crippen LogP contribution in [0.1, 0.15) is 5.89 Å². The van der Waals surface area contributed by atoms with E-state index in [1.54, 1.807) is 0 Å². The second-order valence-corrected chi connectivity index (χ2v) is 7.23. The van der Waals surface area contributed by atoms with Gasteiger partial charge in [-0.2, -0.15) is 4.98 Å². The predicted octanol–water partition coefficient (Wildman–Crippen LogP) is 2.95. The maximum absolute atomic E-state index is 6.30. The van der Waals surface area contributed by atoms with Crippen LogP contribution < -0.4 is 9.80 Å². The Balaban J connectivity index is 1.36. The highest BCUT2D eigenvalue weighted by molar-refractivity contribution is 6.33. The number of aromatic nitrogens is 2. The van der Waals surface area contributed by atoms with Crippen LogP contribution in [0.15, 0.2) is 53.1 Å². The molecule has 1 aliphatic heterocycles. The monoisotopic (exact) mass is 389 g/mol. The highest BCUT2D eigenvalue weighted by Crippen LogP contribution is 2.25. The molecule has 0 saturated carbocycles. The van der Waals surface area contributed by atoms with Gasteiger partial charge < -0.3 is 14.3 Å². The maximum atomic E-state index is 6.30. The summed E-state index contributed by atoms with van der Waals surface area (Å²) in [7, 11) is 0. The first-order valence-corrected chi connectivity index (χ1v) is 9.36. The Hall–Kier alpha value is -2.08. The first-order chi connectivity index (χ1) is 12.7. The third kappa shape index (κ3) is 3.85. The van der Waals surface area contributed by atoms with Gasteiger partial charge >= 0.3 is 0 Å². The lowest BCUT2D eigenvalue weighted by atomic mass is 10.2. The van der Waals surface area contributed by atoms with Crippen molar-refractivity contribution in [3.63, 3.8) is 0 Å². The van der Waals surface area contributed by atoms with Crippen molar-refractivity contribution in [2.45, 2.75) is 6.54 Å². The zero-order valence-corrected chi connectivity index (χ0v) is 15.7. The molecule has 1 aromatic heterocycles. The smallest absolute Gasteiger partial charge is 0.282 e. The largest absolute Gasteiger partial charge is 0.359 e. The van der Waals surface area contributed by atoms with Crippen LogP contribution in [-0.2, 0) is 6.54 Å². The van der Waals surface area contributed by atoms with Gasteiger partial charge in [-0.1, -0.05) is 40.5 Å². The van der Waals surface area contributed by atoms with Gasteiger partial charge in [-0.3, -0.25) is 0 Å². The van der Waals surface area contributed by atoms with Crippen LogP contribution in [0.4, 0.5) is 5.69 Å². The average Bonchev–Trinajstić information content (AvgIpc) is 3.12. The van der Waals surface area contributed by atoms with E-state index in [-0.39, 0.29) is 0 Å². The zero-order chi connectivity index (χ0) is 17.9. The van der Waals surface area contributed by atoms with Crippen LogP contribution in [0.2, 0.25) is 10.0 Å². The van der Waals surface area contributed by atoms with Gasteiger partial charge in [-0.15, -0.1) is 0 Å². The van der Waals surface area contributed by atoms with Crippen LogP contribution in [-0.4, -0.2) is 36.3 Å². The lowest BCUT2D eigenvalue weighted by Gasteiger charge is -2.33. The normalized spacial score (nSPS) is 15.4. The number of hydrogen-bond donors (Lipinski definition) is 1. The van der Waals surface area contributed by atoms with E-state index in [9.17, 15) is 0 Å². The van der Waals surface area contributed by atoms with Gasteiger partial charge in [-0.25, -0.2) is 0 Å². The van der Waals surface area contributed by atoms with E-state index in [2.05, 4.69) is 21.1 Å². The van der Waals surface area contributed by atoms with Gasteiger partial charge in [0.1, 0.15) is 0 Å². The van der Waals surface area contributed by atoms with Crippen LogP contribution in [0.3, 0.4) is 0 Å². The maximum Gasteiger partial charge on any atom is 0.282 e. The number of nitrogens with one attached hydrogen (secondary N) is 1. The van der Waals surface area contributed by atoms with E-state index < -0.39 is 0 Å². The number of quaternary nitrogens is 1. The molecule has 1 aliphatic rings. The van der Waals surface area contributed by atoms with Crippen LogP contribution in [0, 0.1) is 0 Å². The third-order valence-corrected chi connectivity index (χ3v) is 5.21. The highest BCUT2D eigenvalue weighted by Gasteiger charge is 2.23. The van der Waals surface area contributed by atoms with E-state index in [4.69, 9.17) is 27.7 Å². The number of nitrogens with zero attached hydrogens (tertiary/aromatic N) is 3. The summed E-state index contributed by atoms with van der Waals surface area (Å²) in [5.41, 5.74) is 2.01. The summed E-state index contributed by atoms with van der Waals surface area (Å²) in [6.45, 7) is 4.65. The molecule has 0 unspecified atom stereocenters. The SMILES string of the molecule is Clc1ccc(-c2noc(C[NH+]3CCN(c4ccccc4Cl)CC3)n2)cc1. The molecule has 0 spiro atoms. The molecule has 26 heavy (non-hydrogen) atoms. The van der Waals surface area contributed by atoms with Gasteiger partial charge in [0, 0.05) is 10.6 Å². The summed E-state index contributed by atoms with van der Waals surface area (Å²) in [4.78, 5) is 8.28. The molecular formula is C19H19Cl2N4O+. The number of hydrogen-bond acceptors (Lipinski definition) is 4. The number of halogens is 2. The van der Waals surface area contributed by atoms with Crippen molar-refractivity contribution in [2.24, 2.45) is 0 Å². The highest BCUT2D eigenvalue weighted by atomic mass is 35.5. The minimum atomic E-state index is 0.603. The Bertz CT molecular complexity index is 873. The van der Waals surface area contributed by atoms with Gasteiger partial charge in [0.2, 0.25) is 5.82 Å². The zero-order valence-electron chi connectivity index (χ0n) is 14.2. The summed E-state index contributed by atoms with van der Waals surface area (Å²) >= 11 is 12.2. The minimum absolute atomic E-state index is 0.603. The number of benzene rings is 2. The van der Waals surface area contributed by atoms with Crippen molar-refractivity contribution in [2.75, 3.05) is 31.1 Å². The molecule has 0 bridgehead atoms. The molecule has 1 N–H and O–H groups in total. The van der Waals surface area contributed by atoms with E-state index >= 15 is 0 Å². The van der Waals surface area contributed by atoms with Crippen molar-refractivity contribution < 1.29 is 9.42 Å². The fraction of sp³-hybridized carbons (Fsp3) is 0.263. The molecule has 4 rings (SSSR count). The summed E-state index contributed by atoms with van der Waals surface area (Å²) in [5, 5.41) is 5.58. The van der Waals surface area contributed by atoms with Crippen molar-refractivity contribution in [1.82, 2.24) is 10.1 Å². The number of para-hydroxylation sites is 1. The first kappa shape index (κ1) is 17.3. The summed E-state index contributed by atoms with van der Waals surface area (Å²) < 4.78 is 5.43. The molecule has 2 heterocycles. The number of piperazine rings is 1. The molecular weight excluding hydrogens is 371 g/mol. The molecule has 3 aromatic rings. The number of rotatable bonds is 4. The van der Waals surface area contributed by atoms with E-state index in [0.717, 1.165) is 49.0 Å². The van der Waals surface area contributed by atoms with Crippen molar-refractivity contribution >= 4 is 28.9 Å². The Morgan fingerprint density at radius 2 is 1.73 bits per heavy atom. The molecule has 0 aliphatic carbocycles. The second kappa shape index (κ2) is 7.66. The van der Waals surface area contributed by atoms with Gasteiger partial charge in [-0.05, 0) is 36.4 Å². The molecule has 1 fully saturated rings. The molecule has 1 saturated heterocycles. The van der Waals surface area contributed by atoms with Crippen molar-refractivity contribution in [3.05, 3.63) is 64.5 Å². The Kier molecular flexibility index (Phi) is 5.11. The van der Waals surface area contributed by atoms with Gasteiger partial charge in [0.15, 0.2) is 6.54 Å². The van der Waals surface area contributed by atoms with E-state index in [1.807, 2.05) is 42.5 Å². The molecule has 7 heteroatoms. The first-order valence-electron chi connectivity index (χ1n) is 8.60. The van der Waals surface area contributed by atoms with E-state index in [0.29, 0.717) is 16.7 Å². The quantitative estimate of drug-likeness (QED) is 0.744. The Labute approximate surface area is 162 Å². The van der Waals surface area contributed by atoms with Crippen LogP contribution in [0.25, 0.3) is 11.4 Å². The molecule has 0 amide bonds. The standard InChI is InChI=1S/C19H18Cl2N4O/c20-15-7-5-14(6-8-15)19-22-18(26-23-19)13-24-9-11-25(12-10-24)17-4-2-1-3-16(17)21/h1-8H,9-13H2/p+1. The fourth-order valence-corrected chi connectivity index (χ4v) is 3.59. The van der Waals surface area contributed by atoms with Crippen molar-refractivity contribution in [1.29, 1.82) is 0 Å². The van der Waals surface area contributed by atoms with Crippen molar-refractivity contribution in [3.8, 4) is 11.4 Å². The number of anilines is 1. The molecule has 134 valence electrons. The minimum Gasteiger partial charge on any atom is -0.359 e.